The van der Waals surface area contributed by atoms with Gasteiger partial charge in [0.05, 0.1) is 19.3 Å². The Labute approximate surface area is 95.5 Å². The summed E-state index contributed by atoms with van der Waals surface area (Å²) in [6.45, 7) is 2.97. The van der Waals surface area contributed by atoms with Crippen molar-refractivity contribution in [2.45, 2.75) is 6.10 Å². The molecule has 96 valence electrons. The molecule has 7 nitrogen and oxygen atoms in total. The van der Waals surface area contributed by atoms with Crippen molar-refractivity contribution in [1.29, 1.82) is 0 Å². The van der Waals surface area contributed by atoms with Crippen LogP contribution in [0.4, 0.5) is 0 Å². The van der Waals surface area contributed by atoms with Crippen LogP contribution in [-0.4, -0.2) is 79.8 Å². The normalized spacial score (nSPS) is 21.2. The Balaban J connectivity index is 2.32. The first-order valence-corrected chi connectivity index (χ1v) is 6.46. The molecule has 1 aliphatic heterocycles. The first-order valence-electron chi connectivity index (χ1n) is 5.06. The molecule has 1 rings (SSSR count). The van der Waals surface area contributed by atoms with Gasteiger partial charge in [0.1, 0.15) is 0 Å². The number of hydrogen-bond donors (Lipinski definition) is 2. The molecule has 2 N–H and O–H groups in total. The van der Waals surface area contributed by atoms with E-state index in [1.165, 1.54) is 7.05 Å². The molecule has 1 heterocycles. The maximum Gasteiger partial charge on any atom is 0.335 e. The lowest BCUT2D eigenvalue weighted by Crippen LogP contribution is -2.44. The molecule has 1 fully saturated rings. The quantitative estimate of drug-likeness (QED) is 0.575. The van der Waals surface area contributed by atoms with Crippen LogP contribution in [-0.2, 0) is 15.0 Å². The highest BCUT2D eigenvalue weighted by molar-refractivity contribution is 7.83. The summed E-state index contributed by atoms with van der Waals surface area (Å²) in [4.78, 5) is 1.99. The molecular weight excluding hydrogens is 236 g/mol. The van der Waals surface area contributed by atoms with E-state index < -0.39 is 16.4 Å². The van der Waals surface area contributed by atoms with Gasteiger partial charge in [-0.15, -0.1) is 0 Å². The van der Waals surface area contributed by atoms with Crippen molar-refractivity contribution in [2.75, 3.05) is 46.4 Å². The summed E-state index contributed by atoms with van der Waals surface area (Å²) in [7, 11) is -2.99. The number of hydrogen-bond acceptors (Lipinski definition) is 5. The third-order valence-corrected chi connectivity index (χ3v) is 3.37. The zero-order chi connectivity index (χ0) is 12.2. The van der Waals surface area contributed by atoms with Gasteiger partial charge in [0.25, 0.3) is 0 Å². The van der Waals surface area contributed by atoms with Gasteiger partial charge in [-0.05, 0) is 0 Å². The lowest BCUT2D eigenvalue weighted by molar-refractivity contribution is 0.0120. The molecule has 0 saturated carbocycles. The fraction of sp³-hybridized carbons (Fsp3) is 1.00. The number of ether oxygens (including phenoxy) is 1. The van der Waals surface area contributed by atoms with Gasteiger partial charge in [-0.3, -0.25) is 9.45 Å². The summed E-state index contributed by atoms with van der Waals surface area (Å²) in [6, 6.07) is 0. The summed E-state index contributed by atoms with van der Waals surface area (Å²) >= 11 is 0. The minimum Gasteiger partial charge on any atom is -0.390 e. The zero-order valence-electron chi connectivity index (χ0n) is 9.24. The van der Waals surface area contributed by atoms with E-state index in [1.807, 2.05) is 4.90 Å². The van der Waals surface area contributed by atoms with Gasteiger partial charge in [-0.25, -0.2) is 0 Å². The van der Waals surface area contributed by atoms with Gasteiger partial charge >= 0.3 is 10.3 Å². The molecule has 0 unspecified atom stereocenters. The van der Waals surface area contributed by atoms with Gasteiger partial charge < -0.3 is 9.84 Å². The lowest BCUT2D eigenvalue weighted by Gasteiger charge is -2.29. The van der Waals surface area contributed by atoms with Crippen LogP contribution in [0, 0.1) is 0 Å². The second-order valence-corrected chi connectivity index (χ2v) is 5.34. The van der Waals surface area contributed by atoms with Crippen molar-refractivity contribution in [3.05, 3.63) is 0 Å². The Morgan fingerprint density at radius 2 is 2.00 bits per heavy atom. The highest BCUT2D eigenvalue weighted by Gasteiger charge is 2.20. The van der Waals surface area contributed by atoms with Gasteiger partial charge in [-0.1, -0.05) is 0 Å². The summed E-state index contributed by atoms with van der Waals surface area (Å²) in [5.74, 6) is 0. The molecule has 0 radical (unpaired) electrons. The SMILES string of the molecule is CN(C[C@@H](O)CN1CCOCC1)S(=O)(=O)O. The first kappa shape index (κ1) is 13.8. The van der Waals surface area contributed by atoms with Gasteiger partial charge in [-0.2, -0.15) is 12.7 Å². The smallest absolute Gasteiger partial charge is 0.335 e. The number of aliphatic hydroxyl groups excluding tert-OH is 1. The van der Waals surface area contributed by atoms with Crippen LogP contribution in [0.1, 0.15) is 0 Å². The number of aliphatic hydroxyl groups is 1. The Hall–Kier alpha value is -0.250. The Morgan fingerprint density at radius 3 is 2.50 bits per heavy atom. The molecule has 0 aromatic heterocycles. The predicted octanol–water partition coefficient (Wildman–Crippen LogP) is -1.59. The molecule has 0 aliphatic carbocycles. The highest BCUT2D eigenvalue weighted by atomic mass is 32.2. The lowest BCUT2D eigenvalue weighted by atomic mass is 10.3. The van der Waals surface area contributed by atoms with Crippen LogP contribution >= 0.6 is 0 Å². The molecule has 1 atom stereocenters. The van der Waals surface area contributed by atoms with E-state index in [0.717, 1.165) is 17.4 Å². The topological polar surface area (TPSA) is 90.3 Å². The van der Waals surface area contributed by atoms with Crippen LogP contribution in [0.3, 0.4) is 0 Å². The number of morpholine rings is 1. The van der Waals surface area contributed by atoms with E-state index in [4.69, 9.17) is 9.29 Å². The summed E-state index contributed by atoms with van der Waals surface area (Å²) < 4.78 is 36.0. The number of likely N-dealkylation sites (N-methyl/N-ethyl adjacent to an activating group) is 1. The van der Waals surface area contributed by atoms with Gasteiger partial charge in [0.2, 0.25) is 0 Å². The van der Waals surface area contributed by atoms with E-state index in [1.54, 1.807) is 0 Å². The van der Waals surface area contributed by atoms with Crippen molar-refractivity contribution in [3.8, 4) is 0 Å². The molecule has 0 aromatic rings. The fourth-order valence-electron chi connectivity index (χ4n) is 1.53. The molecule has 0 amide bonds. The van der Waals surface area contributed by atoms with Crippen molar-refractivity contribution in [3.63, 3.8) is 0 Å². The second kappa shape index (κ2) is 5.89. The Kier molecular flexibility index (Phi) is 5.09. The van der Waals surface area contributed by atoms with Crippen LogP contribution in [0.25, 0.3) is 0 Å². The van der Waals surface area contributed by atoms with E-state index in [-0.39, 0.29) is 6.54 Å². The van der Waals surface area contributed by atoms with Gasteiger partial charge in [0, 0.05) is 33.2 Å². The van der Waals surface area contributed by atoms with Crippen molar-refractivity contribution >= 4 is 10.3 Å². The van der Waals surface area contributed by atoms with Crippen LogP contribution in [0.15, 0.2) is 0 Å². The average molecular weight is 254 g/mol. The summed E-state index contributed by atoms with van der Waals surface area (Å²) in [6.07, 6.45) is -0.815. The van der Waals surface area contributed by atoms with E-state index in [0.29, 0.717) is 19.8 Å². The molecule has 1 saturated heterocycles. The number of β-amino-alcohol motifs (C(OH)–C–C–N with tert-alkyl or cyclic N) is 1. The third-order valence-electron chi connectivity index (χ3n) is 2.43. The standard InChI is InChI=1S/C8H18N2O5S/c1-9(16(12,13)14)6-8(11)7-10-2-4-15-5-3-10/h8,11H,2-7H2,1H3,(H,12,13,14)/t8-/m1/s1. The van der Waals surface area contributed by atoms with Crippen LogP contribution in [0.2, 0.25) is 0 Å². The van der Waals surface area contributed by atoms with Crippen molar-refractivity contribution < 1.29 is 22.8 Å². The Bertz CT molecular complexity index is 302. The average Bonchev–Trinajstić information content (AvgIpc) is 2.17. The monoisotopic (exact) mass is 254 g/mol. The fourth-order valence-corrected chi connectivity index (χ4v) is 1.89. The largest absolute Gasteiger partial charge is 0.390 e. The molecule has 0 spiro atoms. The number of rotatable bonds is 5. The molecule has 16 heavy (non-hydrogen) atoms. The van der Waals surface area contributed by atoms with Crippen molar-refractivity contribution in [2.24, 2.45) is 0 Å². The minimum atomic E-state index is -4.21. The molecule has 0 aromatic carbocycles. The third kappa shape index (κ3) is 4.73. The molecule has 0 bridgehead atoms. The van der Waals surface area contributed by atoms with Crippen LogP contribution < -0.4 is 0 Å². The maximum absolute atomic E-state index is 10.7. The zero-order valence-corrected chi connectivity index (χ0v) is 10.1. The summed E-state index contributed by atoms with van der Waals surface area (Å²) in [5, 5.41) is 9.64. The molecule has 1 aliphatic rings. The predicted molar refractivity (Wildman–Crippen MR) is 57.4 cm³/mol. The Morgan fingerprint density at radius 1 is 1.44 bits per heavy atom. The van der Waals surface area contributed by atoms with E-state index in [2.05, 4.69) is 0 Å². The second-order valence-electron chi connectivity index (χ2n) is 3.83. The number of nitrogens with zero attached hydrogens (tertiary/aromatic N) is 2. The van der Waals surface area contributed by atoms with Gasteiger partial charge in [0.15, 0.2) is 0 Å². The summed E-state index contributed by atoms with van der Waals surface area (Å²) in [5.41, 5.74) is 0. The highest BCUT2D eigenvalue weighted by Crippen LogP contribution is 2.01. The van der Waals surface area contributed by atoms with Crippen LogP contribution in [0.5, 0.6) is 0 Å². The minimum absolute atomic E-state index is 0.115. The molecular formula is C8H18N2O5S. The van der Waals surface area contributed by atoms with E-state index >= 15 is 0 Å². The molecule has 8 heteroatoms. The van der Waals surface area contributed by atoms with E-state index in [9.17, 15) is 13.5 Å². The van der Waals surface area contributed by atoms with Crippen molar-refractivity contribution in [1.82, 2.24) is 9.21 Å². The maximum atomic E-state index is 10.7. The first-order chi connectivity index (χ1) is 7.39.